The molecule has 0 radical (unpaired) electrons. The van der Waals surface area contributed by atoms with Crippen LogP contribution in [-0.2, 0) is 14.4 Å². The number of nitrogens with one attached hydrogen (secondary N) is 3. The normalized spacial score (nSPS) is 17.9. The fourth-order valence-electron chi connectivity index (χ4n) is 2.00. The van der Waals surface area contributed by atoms with Crippen LogP contribution < -0.4 is 20.8 Å². The molecule has 0 aliphatic carbocycles. The Labute approximate surface area is 149 Å². The van der Waals surface area contributed by atoms with Gasteiger partial charge in [0.25, 0.3) is 0 Å². The van der Waals surface area contributed by atoms with Crippen molar-refractivity contribution in [3.05, 3.63) is 24.3 Å². The monoisotopic (exact) mass is 364 g/mol. The molecule has 2 rings (SSSR count). The zero-order valence-electron chi connectivity index (χ0n) is 14.0. The highest BCUT2D eigenvalue weighted by Crippen LogP contribution is 2.26. The maximum absolute atomic E-state index is 12.2. The number of amidine groups is 1. The lowest BCUT2D eigenvalue weighted by Gasteiger charge is -2.12. The van der Waals surface area contributed by atoms with Gasteiger partial charge in [0.15, 0.2) is 5.17 Å². The third-order valence-electron chi connectivity index (χ3n) is 3.08. The van der Waals surface area contributed by atoms with Gasteiger partial charge in [-0.1, -0.05) is 30.8 Å². The van der Waals surface area contributed by atoms with Crippen LogP contribution in [0.1, 0.15) is 26.7 Å². The predicted octanol–water partition coefficient (Wildman–Crippen LogP) is 1.44. The number of benzene rings is 1. The molecule has 1 heterocycles. The third-order valence-corrected chi connectivity index (χ3v) is 4.17. The van der Waals surface area contributed by atoms with Crippen LogP contribution in [0.5, 0.6) is 5.75 Å². The fraction of sp³-hybridized carbons (Fsp3) is 0.375. The standard InChI is InChI=1S/C16H20N4O4S/c1-3-8-24-12-7-5-4-6-11(12)17-14(22)9-13-15(23)18-16(25-13)20-19-10(2)21/h4-7,13H,3,8-9H2,1-2H3,(H,17,22)(H,19,21)(H,18,20,23)/t13-/m1/s1. The van der Waals surface area contributed by atoms with Crippen molar-refractivity contribution in [3.8, 4) is 5.75 Å². The minimum Gasteiger partial charge on any atom is -0.491 e. The Balaban J connectivity index is 1.93. The van der Waals surface area contributed by atoms with E-state index < -0.39 is 5.25 Å². The first-order valence-corrected chi connectivity index (χ1v) is 8.71. The molecule has 9 heteroatoms. The summed E-state index contributed by atoms with van der Waals surface area (Å²) >= 11 is 1.10. The lowest BCUT2D eigenvalue weighted by atomic mass is 10.2. The van der Waals surface area contributed by atoms with E-state index in [1.54, 1.807) is 18.2 Å². The van der Waals surface area contributed by atoms with E-state index in [-0.39, 0.29) is 29.3 Å². The summed E-state index contributed by atoms with van der Waals surface area (Å²) in [7, 11) is 0. The number of rotatable bonds is 7. The number of hydrazone groups is 1. The highest BCUT2D eigenvalue weighted by Gasteiger charge is 2.32. The van der Waals surface area contributed by atoms with Crippen LogP contribution in [-0.4, -0.2) is 34.7 Å². The summed E-state index contributed by atoms with van der Waals surface area (Å²) in [5, 5.41) is 8.71. The Kier molecular flexibility index (Phi) is 6.81. The molecule has 1 aromatic rings. The van der Waals surface area contributed by atoms with Gasteiger partial charge in [-0.25, -0.2) is 5.43 Å². The van der Waals surface area contributed by atoms with Crippen molar-refractivity contribution in [2.24, 2.45) is 5.10 Å². The number of anilines is 1. The summed E-state index contributed by atoms with van der Waals surface area (Å²) in [5.74, 6) is -0.373. The summed E-state index contributed by atoms with van der Waals surface area (Å²) in [6.45, 7) is 3.86. The molecule has 0 saturated carbocycles. The van der Waals surface area contributed by atoms with Crippen LogP contribution in [0, 0.1) is 0 Å². The van der Waals surface area contributed by atoms with Gasteiger partial charge in [0.2, 0.25) is 17.7 Å². The molecule has 0 bridgehead atoms. The second kappa shape index (κ2) is 9.07. The average molecular weight is 364 g/mol. The van der Waals surface area contributed by atoms with Gasteiger partial charge in [-0.2, -0.15) is 0 Å². The molecule has 134 valence electrons. The average Bonchev–Trinajstić information content (AvgIpc) is 2.92. The number of amides is 3. The van der Waals surface area contributed by atoms with Gasteiger partial charge in [-0.05, 0) is 18.6 Å². The van der Waals surface area contributed by atoms with Crippen LogP contribution >= 0.6 is 11.8 Å². The number of carbonyl (C=O) groups is 3. The topological polar surface area (TPSA) is 109 Å². The van der Waals surface area contributed by atoms with E-state index in [4.69, 9.17) is 4.74 Å². The van der Waals surface area contributed by atoms with Crippen LogP contribution in [0.3, 0.4) is 0 Å². The van der Waals surface area contributed by atoms with Crippen LogP contribution in [0.25, 0.3) is 0 Å². The van der Waals surface area contributed by atoms with Crippen molar-refractivity contribution in [1.82, 2.24) is 10.7 Å². The quantitative estimate of drug-likeness (QED) is 0.635. The van der Waals surface area contributed by atoms with Gasteiger partial charge >= 0.3 is 0 Å². The Morgan fingerprint density at radius 1 is 1.36 bits per heavy atom. The van der Waals surface area contributed by atoms with Gasteiger partial charge < -0.3 is 15.4 Å². The molecule has 8 nitrogen and oxygen atoms in total. The van der Waals surface area contributed by atoms with E-state index in [0.29, 0.717) is 18.0 Å². The molecule has 1 aliphatic rings. The van der Waals surface area contributed by atoms with E-state index in [9.17, 15) is 14.4 Å². The molecule has 0 spiro atoms. The summed E-state index contributed by atoms with van der Waals surface area (Å²) in [6.07, 6.45) is 0.843. The number of carbonyl (C=O) groups excluding carboxylic acids is 3. The molecule has 1 atom stereocenters. The molecule has 1 saturated heterocycles. The highest BCUT2D eigenvalue weighted by molar-refractivity contribution is 8.15. The number of ether oxygens (including phenoxy) is 1. The molecule has 1 aromatic carbocycles. The van der Waals surface area contributed by atoms with Crippen LogP contribution in [0.2, 0.25) is 0 Å². The van der Waals surface area contributed by atoms with E-state index in [0.717, 1.165) is 18.2 Å². The zero-order chi connectivity index (χ0) is 18.2. The Hall–Kier alpha value is -2.55. The molecule has 1 fully saturated rings. The summed E-state index contributed by atoms with van der Waals surface area (Å²) < 4.78 is 5.59. The molecule has 3 N–H and O–H groups in total. The molecule has 25 heavy (non-hydrogen) atoms. The molecule has 1 aliphatic heterocycles. The number of hydrogen-bond acceptors (Lipinski definition) is 6. The first-order valence-electron chi connectivity index (χ1n) is 7.83. The van der Waals surface area contributed by atoms with Gasteiger partial charge in [-0.3, -0.25) is 14.4 Å². The number of thioether (sulfide) groups is 1. The third kappa shape index (κ3) is 5.79. The van der Waals surface area contributed by atoms with E-state index in [2.05, 4.69) is 21.2 Å². The molecule has 3 amide bonds. The Bertz CT molecular complexity index is 692. The molecular weight excluding hydrogens is 344 g/mol. The van der Waals surface area contributed by atoms with E-state index in [1.807, 2.05) is 13.0 Å². The maximum Gasteiger partial charge on any atom is 0.240 e. The van der Waals surface area contributed by atoms with Crippen LogP contribution in [0.4, 0.5) is 5.69 Å². The molecular formula is C16H20N4O4S. The van der Waals surface area contributed by atoms with Gasteiger partial charge in [0, 0.05) is 13.3 Å². The maximum atomic E-state index is 12.2. The SMILES string of the molecule is CCCOc1ccccc1NC(=O)C[C@H]1S/C(=N/NC(C)=O)NC1=O. The zero-order valence-corrected chi connectivity index (χ0v) is 14.8. The molecule has 0 aromatic heterocycles. The summed E-state index contributed by atoms with van der Waals surface area (Å²) in [5.41, 5.74) is 2.81. The van der Waals surface area contributed by atoms with Crippen molar-refractivity contribution < 1.29 is 19.1 Å². The number of hydrogen-bond donors (Lipinski definition) is 3. The van der Waals surface area contributed by atoms with Crippen molar-refractivity contribution >= 4 is 40.3 Å². The first-order chi connectivity index (χ1) is 12.0. The number of nitrogens with zero attached hydrogens (tertiary/aromatic N) is 1. The van der Waals surface area contributed by atoms with Gasteiger partial charge in [-0.15, -0.1) is 5.10 Å². The summed E-state index contributed by atoms with van der Waals surface area (Å²) in [6, 6.07) is 7.14. The highest BCUT2D eigenvalue weighted by atomic mass is 32.2. The first kappa shape index (κ1) is 18.8. The van der Waals surface area contributed by atoms with Crippen molar-refractivity contribution in [3.63, 3.8) is 0 Å². The Morgan fingerprint density at radius 3 is 2.84 bits per heavy atom. The van der Waals surface area contributed by atoms with Crippen LogP contribution in [0.15, 0.2) is 29.4 Å². The van der Waals surface area contributed by atoms with Crippen molar-refractivity contribution in [2.45, 2.75) is 31.9 Å². The largest absolute Gasteiger partial charge is 0.491 e. The molecule has 0 unspecified atom stereocenters. The second-order valence-electron chi connectivity index (χ2n) is 5.28. The lowest BCUT2D eigenvalue weighted by molar-refractivity contribution is -0.122. The Morgan fingerprint density at radius 2 is 2.12 bits per heavy atom. The number of para-hydroxylation sites is 2. The predicted molar refractivity (Wildman–Crippen MR) is 96.2 cm³/mol. The van der Waals surface area contributed by atoms with E-state index >= 15 is 0 Å². The smallest absolute Gasteiger partial charge is 0.240 e. The van der Waals surface area contributed by atoms with Gasteiger partial charge in [0.05, 0.1) is 12.3 Å². The minimum absolute atomic E-state index is 0.0162. The second-order valence-corrected chi connectivity index (χ2v) is 6.47. The minimum atomic E-state index is -0.601. The van der Waals surface area contributed by atoms with Gasteiger partial charge in [0.1, 0.15) is 11.0 Å². The van der Waals surface area contributed by atoms with Crippen molar-refractivity contribution in [1.29, 1.82) is 0 Å². The fourth-order valence-corrected chi connectivity index (χ4v) is 2.93. The van der Waals surface area contributed by atoms with Crippen molar-refractivity contribution in [2.75, 3.05) is 11.9 Å². The lowest BCUT2D eigenvalue weighted by Crippen LogP contribution is -2.29. The summed E-state index contributed by atoms with van der Waals surface area (Å²) in [4.78, 5) is 35.0. The van der Waals surface area contributed by atoms with E-state index in [1.165, 1.54) is 6.92 Å².